The van der Waals surface area contributed by atoms with Gasteiger partial charge in [0.15, 0.2) is 11.5 Å². The van der Waals surface area contributed by atoms with Crippen molar-refractivity contribution in [2.24, 2.45) is 0 Å². The average Bonchev–Trinajstić information content (AvgIpc) is 3.35. The second kappa shape index (κ2) is 6.56. The van der Waals surface area contributed by atoms with Crippen LogP contribution >= 0.6 is 0 Å². The number of fused-ring (bicyclic) bond motifs is 2. The van der Waals surface area contributed by atoms with E-state index in [0.29, 0.717) is 23.8 Å². The Bertz CT molecular complexity index is 1170. The number of aryl methyl sites for hydroxylation is 1. The SMILES string of the molecule is COc1cc(-c2cc(C)c3c(cnn3Cc3ccccc3)n2)cc2c1OCO2. The van der Waals surface area contributed by atoms with Crippen LogP contribution in [-0.2, 0) is 6.54 Å². The molecular formula is C22H19N3O3. The molecule has 0 fully saturated rings. The number of benzene rings is 2. The Kier molecular flexibility index (Phi) is 3.90. The monoisotopic (exact) mass is 373 g/mol. The Labute approximate surface area is 162 Å². The van der Waals surface area contributed by atoms with Crippen molar-refractivity contribution in [1.82, 2.24) is 14.8 Å². The minimum Gasteiger partial charge on any atom is -0.493 e. The van der Waals surface area contributed by atoms with Crippen molar-refractivity contribution in [3.05, 3.63) is 65.9 Å². The largest absolute Gasteiger partial charge is 0.493 e. The Hall–Kier alpha value is -3.54. The fourth-order valence-electron chi connectivity index (χ4n) is 3.60. The van der Waals surface area contributed by atoms with Crippen LogP contribution in [0.4, 0.5) is 0 Å². The Morgan fingerprint density at radius 1 is 1.11 bits per heavy atom. The zero-order valence-corrected chi connectivity index (χ0v) is 15.7. The van der Waals surface area contributed by atoms with Gasteiger partial charge in [0.2, 0.25) is 12.5 Å². The molecule has 2 aromatic heterocycles. The summed E-state index contributed by atoms with van der Waals surface area (Å²) in [6, 6.07) is 16.2. The number of methoxy groups -OCH3 is 1. The van der Waals surface area contributed by atoms with E-state index in [2.05, 4.69) is 30.2 Å². The van der Waals surface area contributed by atoms with Gasteiger partial charge >= 0.3 is 0 Å². The van der Waals surface area contributed by atoms with Crippen LogP contribution in [0.3, 0.4) is 0 Å². The van der Waals surface area contributed by atoms with Crippen molar-refractivity contribution in [1.29, 1.82) is 0 Å². The van der Waals surface area contributed by atoms with Crippen LogP contribution in [0, 0.1) is 6.92 Å². The zero-order valence-electron chi connectivity index (χ0n) is 15.7. The fourth-order valence-corrected chi connectivity index (χ4v) is 3.60. The maximum absolute atomic E-state index is 5.54. The summed E-state index contributed by atoms with van der Waals surface area (Å²) in [6.45, 7) is 3.00. The number of rotatable bonds is 4. The predicted molar refractivity (Wildman–Crippen MR) is 106 cm³/mol. The highest BCUT2D eigenvalue weighted by Gasteiger charge is 2.21. The molecule has 1 aliphatic heterocycles. The van der Waals surface area contributed by atoms with Gasteiger partial charge in [-0.05, 0) is 36.2 Å². The van der Waals surface area contributed by atoms with E-state index in [0.717, 1.165) is 27.9 Å². The first-order valence-corrected chi connectivity index (χ1v) is 9.08. The number of nitrogens with zero attached hydrogens (tertiary/aromatic N) is 3. The summed E-state index contributed by atoms with van der Waals surface area (Å²) >= 11 is 0. The van der Waals surface area contributed by atoms with E-state index >= 15 is 0 Å². The normalized spacial score (nSPS) is 12.5. The number of hydrogen-bond acceptors (Lipinski definition) is 5. The summed E-state index contributed by atoms with van der Waals surface area (Å²) in [5.41, 5.74) is 5.99. The van der Waals surface area contributed by atoms with Crippen molar-refractivity contribution >= 4 is 11.0 Å². The molecule has 0 aliphatic carbocycles. The molecule has 0 atom stereocenters. The molecule has 6 nitrogen and oxygen atoms in total. The molecule has 28 heavy (non-hydrogen) atoms. The lowest BCUT2D eigenvalue weighted by Crippen LogP contribution is -2.02. The standard InChI is InChI=1S/C22H19N3O3/c1-14-8-17(16-9-19(26-2)22-20(10-16)27-13-28-22)24-18-11-23-25(21(14)18)12-15-6-4-3-5-7-15/h3-11H,12-13H2,1-2H3. The second-order valence-corrected chi connectivity index (χ2v) is 6.76. The van der Waals surface area contributed by atoms with Gasteiger partial charge < -0.3 is 14.2 Å². The lowest BCUT2D eigenvalue weighted by molar-refractivity contribution is 0.171. The fraction of sp³-hybridized carbons (Fsp3) is 0.182. The molecular weight excluding hydrogens is 354 g/mol. The van der Waals surface area contributed by atoms with E-state index in [1.165, 1.54) is 5.56 Å². The minimum atomic E-state index is 0.201. The lowest BCUT2D eigenvalue weighted by atomic mass is 10.1. The first-order valence-electron chi connectivity index (χ1n) is 9.08. The highest BCUT2D eigenvalue weighted by molar-refractivity contribution is 5.82. The molecule has 2 aromatic carbocycles. The van der Waals surface area contributed by atoms with Crippen LogP contribution in [-0.4, -0.2) is 28.7 Å². The van der Waals surface area contributed by atoms with Crippen LogP contribution in [0.2, 0.25) is 0 Å². The quantitative estimate of drug-likeness (QED) is 0.537. The molecule has 0 spiro atoms. The smallest absolute Gasteiger partial charge is 0.231 e. The molecule has 0 saturated heterocycles. The molecule has 0 bridgehead atoms. The van der Waals surface area contributed by atoms with Gasteiger partial charge in [-0.25, -0.2) is 4.98 Å². The van der Waals surface area contributed by atoms with Gasteiger partial charge in [0.1, 0.15) is 5.52 Å². The van der Waals surface area contributed by atoms with E-state index in [4.69, 9.17) is 19.2 Å². The van der Waals surface area contributed by atoms with Gasteiger partial charge in [-0.2, -0.15) is 5.10 Å². The highest BCUT2D eigenvalue weighted by atomic mass is 16.7. The summed E-state index contributed by atoms with van der Waals surface area (Å²) in [5, 5.41) is 4.56. The van der Waals surface area contributed by atoms with Crippen molar-refractivity contribution in [2.75, 3.05) is 13.9 Å². The van der Waals surface area contributed by atoms with E-state index in [-0.39, 0.29) is 6.79 Å². The van der Waals surface area contributed by atoms with Crippen LogP contribution in [0.15, 0.2) is 54.7 Å². The lowest BCUT2D eigenvalue weighted by Gasteiger charge is -2.10. The van der Waals surface area contributed by atoms with Crippen molar-refractivity contribution in [3.8, 4) is 28.5 Å². The molecule has 0 unspecified atom stereocenters. The molecule has 0 saturated carbocycles. The van der Waals surface area contributed by atoms with Crippen molar-refractivity contribution in [2.45, 2.75) is 13.5 Å². The Balaban J connectivity index is 1.58. The summed E-state index contributed by atoms with van der Waals surface area (Å²) < 4.78 is 18.5. The third-order valence-electron chi connectivity index (χ3n) is 4.92. The maximum Gasteiger partial charge on any atom is 0.231 e. The first kappa shape index (κ1) is 16.6. The van der Waals surface area contributed by atoms with Gasteiger partial charge in [0.25, 0.3) is 0 Å². The van der Waals surface area contributed by atoms with E-state index in [1.54, 1.807) is 7.11 Å². The van der Waals surface area contributed by atoms with Crippen LogP contribution in [0.25, 0.3) is 22.3 Å². The van der Waals surface area contributed by atoms with Crippen molar-refractivity contribution < 1.29 is 14.2 Å². The molecule has 0 amide bonds. The Morgan fingerprint density at radius 2 is 1.96 bits per heavy atom. The molecule has 5 rings (SSSR count). The highest BCUT2D eigenvalue weighted by Crippen LogP contribution is 2.44. The minimum absolute atomic E-state index is 0.201. The average molecular weight is 373 g/mol. The second-order valence-electron chi connectivity index (χ2n) is 6.76. The predicted octanol–water partition coefficient (Wildman–Crippen LogP) is 4.19. The van der Waals surface area contributed by atoms with Gasteiger partial charge in [-0.3, -0.25) is 4.68 Å². The number of ether oxygens (including phenoxy) is 3. The zero-order chi connectivity index (χ0) is 19.1. The topological polar surface area (TPSA) is 58.4 Å². The van der Waals surface area contributed by atoms with Crippen LogP contribution in [0.5, 0.6) is 17.2 Å². The van der Waals surface area contributed by atoms with Gasteiger partial charge in [-0.1, -0.05) is 30.3 Å². The molecule has 0 N–H and O–H groups in total. The number of pyridine rings is 1. The Morgan fingerprint density at radius 3 is 2.79 bits per heavy atom. The first-order chi connectivity index (χ1) is 13.7. The van der Waals surface area contributed by atoms with Crippen molar-refractivity contribution in [3.63, 3.8) is 0 Å². The van der Waals surface area contributed by atoms with Crippen LogP contribution < -0.4 is 14.2 Å². The molecule has 0 radical (unpaired) electrons. The van der Waals surface area contributed by atoms with E-state index < -0.39 is 0 Å². The molecule has 3 heterocycles. The third-order valence-corrected chi connectivity index (χ3v) is 4.92. The molecule has 6 heteroatoms. The van der Waals surface area contributed by atoms with E-state index in [1.807, 2.05) is 41.2 Å². The molecule has 140 valence electrons. The van der Waals surface area contributed by atoms with Gasteiger partial charge in [0, 0.05) is 5.56 Å². The summed E-state index contributed by atoms with van der Waals surface area (Å²) in [4.78, 5) is 4.83. The maximum atomic E-state index is 5.54. The molecule has 1 aliphatic rings. The summed E-state index contributed by atoms with van der Waals surface area (Å²) in [7, 11) is 1.62. The van der Waals surface area contributed by atoms with E-state index in [9.17, 15) is 0 Å². The third kappa shape index (κ3) is 2.74. The molecule has 4 aromatic rings. The van der Waals surface area contributed by atoms with Gasteiger partial charge in [-0.15, -0.1) is 0 Å². The van der Waals surface area contributed by atoms with Gasteiger partial charge in [0.05, 0.1) is 31.1 Å². The number of hydrogen-bond donors (Lipinski definition) is 0. The number of aromatic nitrogens is 3. The summed E-state index contributed by atoms with van der Waals surface area (Å²) in [5.74, 6) is 1.96. The van der Waals surface area contributed by atoms with Crippen LogP contribution in [0.1, 0.15) is 11.1 Å². The summed E-state index contributed by atoms with van der Waals surface area (Å²) in [6.07, 6.45) is 1.82.